The summed E-state index contributed by atoms with van der Waals surface area (Å²) in [5.41, 5.74) is 2.09. The second kappa shape index (κ2) is 7.37. The molecule has 15 heavy (non-hydrogen) atoms. The van der Waals surface area contributed by atoms with Gasteiger partial charge in [0.1, 0.15) is 0 Å². The van der Waals surface area contributed by atoms with E-state index in [0.29, 0.717) is 0 Å². The number of hydrogen-bond donors (Lipinski definition) is 0. The van der Waals surface area contributed by atoms with E-state index in [2.05, 4.69) is 6.66 Å². The first kappa shape index (κ1) is 14.1. The van der Waals surface area contributed by atoms with Gasteiger partial charge in [-0.25, -0.2) is 0 Å². The van der Waals surface area contributed by atoms with Crippen LogP contribution in [0, 0.1) is 6.66 Å². The van der Waals surface area contributed by atoms with Gasteiger partial charge < -0.3 is 6.66 Å². The second-order valence-corrected chi connectivity index (χ2v) is 7.59. The van der Waals surface area contributed by atoms with Crippen LogP contribution in [0.4, 0.5) is 0 Å². The summed E-state index contributed by atoms with van der Waals surface area (Å²) in [7, 11) is 0.133. The Morgan fingerprint density at radius 2 is 1.00 bits per heavy atom. The molecule has 0 spiro atoms. The zero-order chi connectivity index (χ0) is 9.80. The van der Waals surface area contributed by atoms with Crippen molar-refractivity contribution in [3.63, 3.8) is 0 Å². The average molecular weight is 218 g/mol. The van der Waals surface area contributed by atoms with Gasteiger partial charge in [-0.05, 0) is 37.0 Å². The Hall–Kier alpha value is 1.03. The van der Waals surface area contributed by atoms with E-state index >= 15 is 0 Å². The van der Waals surface area contributed by atoms with Crippen molar-refractivity contribution in [3.05, 3.63) is 6.66 Å². The monoisotopic (exact) mass is 218 g/mol. The molecule has 0 aliphatic heterocycles. The van der Waals surface area contributed by atoms with Gasteiger partial charge in [-0.2, -0.15) is 0 Å². The largest absolute Gasteiger partial charge is 1.00 e. The normalized spacial score (nSPS) is 25.2. The van der Waals surface area contributed by atoms with Gasteiger partial charge in [0.25, 0.3) is 0 Å². The van der Waals surface area contributed by atoms with Crippen LogP contribution in [0.1, 0.15) is 64.2 Å². The van der Waals surface area contributed by atoms with Crippen molar-refractivity contribution in [2.75, 3.05) is 0 Å². The summed E-state index contributed by atoms with van der Waals surface area (Å²) >= 11 is 0. The number of rotatable bonds is 2. The smallest absolute Gasteiger partial charge is 0.316 e. The fourth-order valence-electron chi connectivity index (χ4n) is 3.12. The first-order chi connectivity index (χ1) is 6.88. The van der Waals surface area contributed by atoms with Crippen molar-refractivity contribution in [1.82, 2.24) is 0 Å². The Morgan fingerprint density at radius 3 is 1.33 bits per heavy atom. The Bertz CT molecular complexity index is 142. The zero-order valence-electron chi connectivity index (χ0n) is 10.4. The molecule has 0 N–H and O–H groups in total. The van der Waals surface area contributed by atoms with E-state index in [-0.39, 0.29) is 26.8 Å². The third-order valence-corrected chi connectivity index (χ3v) is 7.00. The molecule has 0 nitrogen and oxygen atoms in total. The van der Waals surface area contributed by atoms with Crippen molar-refractivity contribution < 1.29 is 18.9 Å². The summed E-state index contributed by atoms with van der Waals surface area (Å²) in [6, 6.07) is 0. The maximum Gasteiger partial charge on any atom is 1.00 e. The van der Waals surface area contributed by atoms with Crippen LogP contribution in [0.2, 0.25) is 0 Å². The van der Waals surface area contributed by atoms with Gasteiger partial charge in [-0.15, -0.1) is 0 Å². The Morgan fingerprint density at radius 1 is 0.667 bits per heavy atom. The maximum atomic E-state index is 4.55. The quantitative estimate of drug-likeness (QED) is 0.377. The van der Waals surface area contributed by atoms with E-state index in [1.165, 1.54) is 64.2 Å². The molecule has 0 aromatic carbocycles. The molecule has 0 radical (unpaired) electrons. The minimum absolute atomic E-state index is 0. The fraction of sp³-hybridized carbons (Fsp3) is 0.923. The molecule has 0 aromatic heterocycles. The molecule has 0 heterocycles. The molecule has 0 unspecified atom stereocenters. The van der Waals surface area contributed by atoms with Gasteiger partial charge >= 0.3 is 18.9 Å². The first-order valence-electron chi connectivity index (χ1n) is 6.47. The summed E-state index contributed by atoms with van der Waals surface area (Å²) in [5.74, 6) is 0. The van der Waals surface area contributed by atoms with Crippen LogP contribution in [-0.2, 0) is 0 Å². The van der Waals surface area contributed by atoms with Crippen LogP contribution >= 0.6 is 7.92 Å². The third-order valence-electron chi connectivity index (χ3n) is 4.09. The van der Waals surface area contributed by atoms with E-state index in [1.54, 1.807) is 0 Å². The van der Waals surface area contributed by atoms with Crippen LogP contribution < -0.4 is 18.9 Å². The maximum absolute atomic E-state index is 4.55. The Labute approximate surface area is 109 Å². The van der Waals surface area contributed by atoms with Gasteiger partial charge in [0.05, 0.1) is 0 Å². The van der Waals surface area contributed by atoms with Crippen LogP contribution in [0.3, 0.4) is 0 Å². The first-order valence-corrected chi connectivity index (χ1v) is 8.13. The second-order valence-electron chi connectivity index (χ2n) is 5.10. The molecular formula is C13H24LiP. The predicted octanol–water partition coefficient (Wildman–Crippen LogP) is 1.93. The molecule has 82 valence electrons. The third kappa shape index (κ3) is 4.07. The van der Waals surface area contributed by atoms with Gasteiger partial charge in [-0.1, -0.05) is 38.5 Å². The molecule has 2 fully saturated rings. The molecule has 0 atom stereocenters. The molecule has 2 saturated carbocycles. The van der Waals surface area contributed by atoms with Crippen LogP contribution in [0.25, 0.3) is 0 Å². The molecule has 2 rings (SSSR count). The van der Waals surface area contributed by atoms with Crippen LogP contribution in [-0.4, -0.2) is 11.3 Å². The Kier molecular flexibility index (Phi) is 6.92. The summed E-state index contributed by atoms with van der Waals surface area (Å²) in [6.45, 7) is 4.55. The van der Waals surface area contributed by atoms with E-state index in [1.807, 2.05) is 0 Å². The zero-order valence-corrected chi connectivity index (χ0v) is 11.3. The SMILES string of the molecule is [CH2-]P(C1CCCCC1)C1CCCCC1.[Li+]. The number of hydrogen-bond acceptors (Lipinski definition) is 0. The fourth-order valence-corrected chi connectivity index (χ4v) is 5.78. The van der Waals surface area contributed by atoms with Gasteiger partial charge in [0.2, 0.25) is 0 Å². The van der Waals surface area contributed by atoms with Gasteiger partial charge in [0, 0.05) is 0 Å². The minimum Gasteiger partial charge on any atom is -0.316 e. The van der Waals surface area contributed by atoms with Crippen molar-refractivity contribution in [2.45, 2.75) is 75.5 Å². The van der Waals surface area contributed by atoms with Crippen molar-refractivity contribution in [1.29, 1.82) is 0 Å². The van der Waals surface area contributed by atoms with Crippen molar-refractivity contribution >= 4 is 7.92 Å². The molecular weight excluding hydrogens is 194 g/mol. The van der Waals surface area contributed by atoms with Crippen molar-refractivity contribution in [3.8, 4) is 0 Å². The molecule has 2 heteroatoms. The molecule has 0 amide bonds. The summed E-state index contributed by atoms with van der Waals surface area (Å²) in [4.78, 5) is 0. The van der Waals surface area contributed by atoms with Crippen molar-refractivity contribution in [2.24, 2.45) is 0 Å². The van der Waals surface area contributed by atoms with Crippen LogP contribution in [0.15, 0.2) is 0 Å². The van der Waals surface area contributed by atoms with Crippen LogP contribution in [0.5, 0.6) is 0 Å². The molecule has 0 saturated heterocycles. The van der Waals surface area contributed by atoms with E-state index in [4.69, 9.17) is 0 Å². The van der Waals surface area contributed by atoms with E-state index < -0.39 is 0 Å². The summed E-state index contributed by atoms with van der Waals surface area (Å²) in [5, 5.41) is 0. The van der Waals surface area contributed by atoms with E-state index in [0.717, 1.165) is 11.3 Å². The van der Waals surface area contributed by atoms with E-state index in [9.17, 15) is 0 Å². The molecule has 0 bridgehead atoms. The summed E-state index contributed by atoms with van der Waals surface area (Å²) in [6.07, 6.45) is 15.0. The predicted molar refractivity (Wildman–Crippen MR) is 66.0 cm³/mol. The average Bonchev–Trinajstić information content (AvgIpc) is 2.30. The van der Waals surface area contributed by atoms with Gasteiger partial charge in [0.15, 0.2) is 0 Å². The minimum atomic E-state index is 0. The topological polar surface area (TPSA) is 0 Å². The molecule has 2 aliphatic carbocycles. The Balaban J connectivity index is 0.00000112. The summed E-state index contributed by atoms with van der Waals surface area (Å²) < 4.78 is 0. The molecule has 2 aliphatic rings. The van der Waals surface area contributed by atoms with Gasteiger partial charge in [-0.3, -0.25) is 7.92 Å². The standard InChI is InChI=1S/C13H24P.Li/c1-14(12-8-4-2-5-9-12)13-10-6-3-7-11-13;/h12-13H,1-11H2;/q-1;+1. The molecule has 0 aromatic rings.